The maximum absolute atomic E-state index is 11.5. The molecule has 2 N–H and O–H groups in total. The van der Waals surface area contributed by atoms with Gasteiger partial charge in [0.1, 0.15) is 0 Å². The zero-order valence-electron chi connectivity index (χ0n) is 7.53. The highest BCUT2D eigenvalue weighted by Crippen LogP contribution is 2.23. The summed E-state index contributed by atoms with van der Waals surface area (Å²) in [5.41, 5.74) is 0.306. The van der Waals surface area contributed by atoms with E-state index in [1.807, 2.05) is 0 Å². The van der Waals surface area contributed by atoms with E-state index in [0.29, 0.717) is 5.69 Å². The number of alkyl halides is 1. The van der Waals surface area contributed by atoms with E-state index in [0.717, 1.165) is 19.3 Å². The number of hydrogen-bond acceptors (Lipinski definition) is 3. The van der Waals surface area contributed by atoms with Crippen LogP contribution in [0.5, 0.6) is 0 Å². The molecule has 5 nitrogen and oxygen atoms in total. The zero-order valence-corrected chi connectivity index (χ0v) is 8.29. The zero-order chi connectivity index (χ0) is 9.97. The number of carbonyl (C=O) groups excluding carboxylic acids is 1. The highest BCUT2D eigenvalue weighted by molar-refractivity contribution is 6.21. The van der Waals surface area contributed by atoms with Gasteiger partial charge in [0, 0.05) is 6.04 Å². The van der Waals surface area contributed by atoms with Crippen LogP contribution in [0.15, 0.2) is 6.20 Å². The number of carbonyl (C=O) groups is 1. The number of nitrogens with one attached hydrogen (secondary N) is 2. The molecule has 2 unspecified atom stereocenters. The Hall–Kier alpha value is -1.10. The van der Waals surface area contributed by atoms with Gasteiger partial charge in [0.05, 0.1) is 11.6 Å². The lowest BCUT2D eigenvalue weighted by Crippen LogP contribution is -2.38. The van der Waals surface area contributed by atoms with Crippen molar-refractivity contribution in [2.24, 2.45) is 0 Å². The highest BCUT2D eigenvalue weighted by atomic mass is 35.5. The molecule has 76 valence electrons. The van der Waals surface area contributed by atoms with Crippen LogP contribution in [0, 0.1) is 0 Å². The van der Waals surface area contributed by atoms with E-state index in [2.05, 4.69) is 20.7 Å². The molecule has 0 bridgehead atoms. The molecule has 14 heavy (non-hydrogen) atoms. The van der Waals surface area contributed by atoms with Crippen molar-refractivity contribution >= 4 is 17.5 Å². The van der Waals surface area contributed by atoms with E-state index < -0.39 is 0 Å². The second-order valence-electron chi connectivity index (χ2n) is 3.38. The van der Waals surface area contributed by atoms with Gasteiger partial charge in [-0.3, -0.25) is 4.79 Å². The Balaban J connectivity index is 1.95. The topological polar surface area (TPSA) is 70.7 Å². The second kappa shape index (κ2) is 3.96. The number of nitrogens with zero attached hydrogens (tertiary/aromatic N) is 2. The smallest absolute Gasteiger partial charge is 0.273 e. The minimum Gasteiger partial charge on any atom is -0.346 e. The molecule has 0 saturated heterocycles. The predicted molar refractivity (Wildman–Crippen MR) is 51.1 cm³/mol. The van der Waals surface area contributed by atoms with Crippen molar-refractivity contribution < 1.29 is 4.79 Å². The molecule has 1 aromatic rings. The fourth-order valence-corrected chi connectivity index (χ4v) is 1.97. The van der Waals surface area contributed by atoms with Gasteiger partial charge < -0.3 is 5.32 Å². The highest BCUT2D eigenvalue weighted by Gasteiger charge is 2.27. The summed E-state index contributed by atoms with van der Waals surface area (Å²) in [5.74, 6) is -0.212. The Bertz CT molecular complexity index is 313. The van der Waals surface area contributed by atoms with Gasteiger partial charge in [-0.05, 0) is 19.3 Å². The lowest BCUT2D eigenvalue weighted by molar-refractivity contribution is 0.0933. The number of hydrogen-bond donors (Lipinski definition) is 2. The normalized spacial score (nSPS) is 26.4. The van der Waals surface area contributed by atoms with Crippen LogP contribution in [-0.2, 0) is 0 Å². The Morgan fingerprint density at radius 3 is 3.07 bits per heavy atom. The van der Waals surface area contributed by atoms with E-state index in [1.54, 1.807) is 0 Å². The first-order valence-corrected chi connectivity index (χ1v) is 5.01. The number of rotatable bonds is 2. The fraction of sp³-hybridized carbons (Fsp3) is 0.625. The Labute approximate surface area is 86.2 Å². The largest absolute Gasteiger partial charge is 0.346 e. The second-order valence-corrected chi connectivity index (χ2v) is 3.94. The van der Waals surface area contributed by atoms with Crippen LogP contribution < -0.4 is 5.32 Å². The summed E-state index contributed by atoms with van der Waals surface area (Å²) in [5, 5.41) is 12.5. The summed E-state index contributed by atoms with van der Waals surface area (Å²) in [6, 6.07) is 0.0702. The van der Waals surface area contributed by atoms with Gasteiger partial charge in [-0.25, -0.2) is 0 Å². The number of aromatic nitrogens is 3. The molecule has 1 aromatic heterocycles. The standard InChI is InChI=1S/C8H11ClN4O/c9-5-2-1-3-6(5)11-8(14)7-4-10-13-12-7/h4-6H,1-3H2,(H,11,14)(H,10,12,13). The van der Waals surface area contributed by atoms with Crippen LogP contribution in [0.25, 0.3) is 0 Å². The molecule has 2 atom stereocenters. The van der Waals surface area contributed by atoms with Crippen molar-refractivity contribution in [2.75, 3.05) is 0 Å². The van der Waals surface area contributed by atoms with Crippen molar-refractivity contribution in [3.63, 3.8) is 0 Å². The van der Waals surface area contributed by atoms with Crippen LogP contribution in [0.1, 0.15) is 29.8 Å². The van der Waals surface area contributed by atoms with Gasteiger partial charge in [-0.15, -0.1) is 11.6 Å². The van der Waals surface area contributed by atoms with E-state index in [4.69, 9.17) is 11.6 Å². The number of H-pyrrole nitrogens is 1. The first kappa shape index (κ1) is 9.45. The van der Waals surface area contributed by atoms with Gasteiger partial charge in [-0.1, -0.05) is 0 Å². The SMILES string of the molecule is O=C(NC1CCCC1Cl)c1cn[nH]n1. The third-order valence-electron chi connectivity index (χ3n) is 2.40. The quantitative estimate of drug-likeness (QED) is 0.712. The number of amides is 1. The Kier molecular flexibility index (Phi) is 2.67. The molecule has 1 amide bonds. The molecule has 0 spiro atoms. The molecule has 1 aliphatic carbocycles. The number of aromatic amines is 1. The van der Waals surface area contributed by atoms with Crippen LogP contribution >= 0.6 is 11.6 Å². The third kappa shape index (κ3) is 1.87. The van der Waals surface area contributed by atoms with Gasteiger partial charge >= 0.3 is 0 Å². The van der Waals surface area contributed by atoms with Crippen LogP contribution in [0.3, 0.4) is 0 Å². The summed E-state index contributed by atoms with van der Waals surface area (Å²) in [6.07, 6.45) is 4.37. The molecular formula is C8H11ClN4O. The number of halogens is 1. The first-order valence-electron chi connectivity index (χ1n) is 4.58. The first-order chi connectivity index (χ1) is 6.77. The Morgan fingerprint density at radius 1 is 1.64 bits per heavy atom. The van der Waals surface area contributed by atoms with Crippen molar-refractivity contribution in [1.82, 2.24) is 20.7 Å². The average molecular weight is 215 g/mol. The van der Waals surface area contributed by atoms with Crippen molar-refractivity contribution in [3.8, 4) is 0 Å². The molecule has 0 radical (unpaired) electrons. The van der Waals surface area contributed by atoms with Gasteiger partial charge in [0.25, 0.3) is 5.91 Å². The van der Waals surface area contributed by atoms with Crippen molar-refractivity contribution in [3.05, 3.63) is 11.9 Å². The van der Waals surface area contributed by atoms with Gasteiger partial charge in [0.2, 0.25) is 0 Å². The fourth-order valence-electron chi connectivity index (χ4n) is 1.63. The predicted octanol–water partition coefficient (Wildman–Crippen LogP) is 0.694. The van der Waals surface area contributed by atoms with Gasteiger partial charge in [-0.2, -0.15) is 15.4 Å². The summed E-state index contributed by atoms with van der Waals surface area (Å²) in [7, 11) is 0. The molecule has 1 fully saturated rings. The van der Waals surface area contributed by atoms with Crippen molar-refractivity contribution in [2.45, 2.75) is 30.7 Å². The summed E-state index contributed by atoms with van der Waals surface area (Å²) in [4.78, 5) is 11.5. The molecule has 6 heteroatoms. The van der Waals surface area contributed by atoms with E-state index in [-0.39, 0.29) is 17.3 Å². The lowest BCUT2D eigenvalue weighted by Gasteiger charge is -2.14. The monoisotopic (exact) mass is 214 g/mol. The van der Waals surface area contributed by atoms with Gasteiger partial charge in [0.15, 0.2) is 5.69 Å². The molecule has 1 aliphatic rings. The molecular weight excluding hydrogens is 204 g/mol. The minimum atomic E-state index is -0.212. The molecule has 0 aromatic carbocycles. The van der Waals surface area contributed by atoms with E-state index in [1.165, 1.54) is 6.20 Å². The Morgan fingerprint density at radius 2 is 2.50 bits per heavy atom. The van der Waals surface area contributed by atoms with E-state index in [9.17, 15) is 4.79 Å². The maximum Gasteiger partial charge on any atom is 0.273 e. The summed E-state index contributed by atoms with van der Waals surface area (Å²) < 4.78 is 0. The van der Waals surface area contributed by atoms with Crippen molar-refractivity contribution in [1.29, 1.82) is 0 Å². The summed E-state index contributed by atoms with van der Waals surface area (Å²) in [6.45, 7) is 0. The van der Waals surface area contributed by atoms with Crippen LogP contribution in [-0.4, -0.2) is 32.7 Å². The molecule has 2 rings (SSSR count). The molecule has 0 aliphatic heterocycles. The molecule has 1 saturated carbocycles. The van der Waals surface area contributed by atoms with Crippen LogP contribution in [0.4, 0.5) is 0 Å². The third-order valence-corrected chi connectivity index (χ3v) is 2.92. The average Bonchev–Trinajstić information content (AvgIpc) is 2.77. The summed E-state index contributed by atoms with van der Waals surface area (Å²) >= 11 is 6.03. The molecule has 1 heterocycles. The minimum absolute atomic E-state index is 0.0471. The van der Waals surface area contributed by atoms with Crippen LogP contribution in [0.2, 0.25) is 0 Å². The lowest BCUT2D eigenvalue weighted by atomic mass is 10.2. The maximum atomic E-state index is 11.5. The van der Waals surface area contributed by atoms with E-state index >= 15 is 0 Å².